The topological polar surface area (TPSA) is 20.3 Å². The van der Waals surface area contributed by atoms with Gasteiger partial charge in [0.05, 0.1) is 0 Å². The average molecular weight is 314 g/mol. The number of carbonyl (C=O) groups is 1. The lowest BCUT2D eigenvalue weighted by molar-refractivity contribution is 0.0671. The maximum atomic E-state index is 13.1. The van der Waals surface area contributed by atoms with Crippen LogP contribution in [0.3, 0.4) is 0 Å². The molecule has 1 aromatic carbocycles. The van der Waals surface area contributed by atoms with Crippen LogP contribution in [-0.4, -0.2) is 29.2 Å². The Hall–Kier alpha value is -0.900. The second kappa shape index (κ2) is 6.32. The molecule has 1 unspecified atom stereocenters. The number of piperidine rings is 1. The van der Waals surface area contributed by atoms with Crippen LogP contribution >= 0.6 is 15.9 Å². The summed E-state index contributed by atoms with van der Waals surface area (Å²) in [5.41, 5.74) is 0.453. The molecule has 2 rings (SSSR count). The Labute approximate surface area is 115 Å². The van der Waals surface area contributed by atoms with Crippen LogP contribution in [0.25, 0.3) is 0 Å². The van der Waals surface area contributed by atoms with Crippen molar-refractivity contribution in [2.24, 2.45) is 5.92 Å². The molecule has 1 saturated heterocycles. The normalized spacial score (nSPS) is 19.9. The van der Waals surface area contributed by atoms with E-state index in [4.69, 9.17) is 0 Å². The number of hydrogen-bond donors (Lipinski definition) is 0. The molecule has 0 bridgehead atoms. The van der Waals surface area contributed by atoms with Crippen molar-refractivity contribution in [2.75, 3.05) is 18.4 Å². The number of alkyl halides is 1. The van der Waals surface area contributed by atoms with E-state index in [1.54, 1.807) is 12.1 Å². The number of rotatable bonds is 3. The summed E-state index contributed by atoms with van der Waals surface area (Å²) in [5.74, 6) is 0.166. The first-order valence-electron chi connectivity index (χ1n) is 6.31. The van der Waals surface area contributed by atoms with Crippen LogP contribution in [0.15, 0.2) is 24.3 Å². The number of halogens is 2. The molecule has 1 aromatic rings. The number of likely N-dealkylation sites (tertiary alicyclic amines) is 1. The molecule has 0 aromatic heterocycles. The summed E-state index contributed by atoms with van der Waals surface area (Å²) in [6.45, 7) is 1.58. The summed E-state index contributed by atoms with van der Waals surface area (Å²) < 4.78 is 13.1. The lowest BCUT2D eigenvalue weighted by Crippen LogP contribution is -2.40. The fraction of sp³-hybridized carbons (Fsp3) is 0.500. The monoisotopic (exact) mass is 313 g/mol. The molecule has 1 heterocycles. The first kappa shape index (κ1) is 13.5. The number of carbonyl (C=O) groups excluding carboxylic acids is 1. The summed E-state index contributed by atoms with van der Waals surface area (Å²) in [5, 5.41) is 0.972. The van der Waals surface area contributed by atoms with Crippen molar-refractivity contribution in [1.29, 1.82) is 0 Å². The standard InChI is InChI=1S/C14H17BrFNO/c15-7-6-11-3-2-8-17(10-11)14(18)12-4-1-5-13(16)9-12/h1,4-5,9,11H,2-3,6-8,10H2. The van der Waals surface area contributed by atoms with E-state index >= 15 is 0 Å². The summed E-state index contributed by atoms with van der Waals surface area (Å²) in [6.07, 6.45) is 3.31. The van der Waals surface area contributed by atoms with Gasteiger partial charge in [0.25, 0.3) is 5.91 Å². The van der Waals surface area contributed by atoms with Crippen LogP contribution in [0.4, 0.5) is 4.39 Å². The molecule has 1 amide bonds. The van der Waals surface area contributed by atoms with Crippen LogP contribution < -0.4 is 0 Å². The average Bonchev–Trinajstić information content (AvgIpc) is 2.39. The first-order chi connectivity index (χ1) is 8.70. The fourth-order valence-corrected chi connectivity index (χ4v) is 3.09. The Morgan fingerprint density at radius 1 is 1.50 bits per heavy atom. The van der Waals surface area contributed by atoms with Crippen molar-refractivity contribution < 1.29 is 9.18 Å². The zero-order chi connectivity index (χ0) is 13.0. The highest BCUT2D eigenvalue weighted by Gasteiger charge is 2.24. The Balaban J connectivity index is 2.04. The Morgan fingerprint density at radius 3 is 3.06 bits per heavy atom. The Bertz CT molecular complexity index is 422. The van der Waals surface area contributed by atoms with E-state index < -0.39 is 0 Å². The third-order valence-electron chi connectivity index (χ3n) is 3.40. The highest BCUT2D eigenvalue weighted by atomic mass is 79.9. The molecule has 1 aliphatic heterocycles. The summed E-state index contributed by atoms with van der Waals surface area (Å²) in [4.78, 5) is 14.1. The maximum absolute atomic E-state index is 13.1. The van der Waals surface area contributed by atoms with Crippen molar-refractivity contribution in [2.45, 2.75) is 19.3 Å². The Morgan fingerprint density at radius 2 is 2.33 bits per heavy atom. The highest BCUT2D eigenvalue weighted by Crippen LogP contribution is 2.22. The van der Waals surface area contributed by atoms with E-state index in [2.05, 4.69) is 15.9 Å². The van der Waals surface area contributed by atoms with Gasteiger partial charge in [0, 0.05) is 24.0 Å². The van der Waals surface area contributed by atoms with E-state index in [0.717, 1.165) is 31.3 Å². The highest BCUT2D eigenvalue weighted by molar-refractivity contribution is 9.09. The van der Waals surface area contributed by atoms with Gasteiger partial charge in [0.1, 0.15) is 5.82 Å². The number of hydrogen-bond acceptors (Lipinski definition) is 1. The van der Waals surface area contributed by atoms with Gasteiger partial charge in [-0.05, 0) is 43.4 Å². The predicted octanol–water partition coefficient (Wildman–Crippen LogP) is 3.46. The van der Waals surface area contributed by atoms with Crippen molar-refractivity contribution in [1.82, 2.24) is 4.90 Å². The van der Waals surface area contributed by atoms with Gasteiger partial charge < -0.3 is 4.90 Å². The molecule has 0 saturated carbocycles. The predicted molar refractivity (Wildman–Crippen MR) is 73.4 cm³/mol. The van der Waals surface area contributed by atoms with Crippen molar-refractivity contribution >= 4 is 21.8 Å². The number of amides is 1. The van der Waals surface area contributed by atoms with Gasteiger partial charge in [-0.2, -0.15) is 0 Å². The van der Waals surface area contributed by atoms with Crippen molar-refractivity contribution in [3.8, 4) is 0 Å². The molecule has 0 radical (unpaired) electrons. The van der Waals surface area contributed by atoms with Gasteiger partial charge in [-0.15, -0.1) is 0 Å². The quantitative estimate of drug-likeness (QED) is 0.783. The molecule has 0 spiro atoms. The zero-order valence-electron chi connectivity index (χ0n) is 10.2. The number of nitrogens with zero attached hydrogens (tertiary/aromatic N) is 1. The van der Waals surface area contributed by atoms with Gasteiger partial charge in [-0.3, -0.25) is 4.79 Å². The minimum atomic E-state index is -0.352. The molecule has 2 nitrogen and oxygen atoms in total. The van der Waals surface area contributed by atoms with Crippen LogP contribution in [0.5, 0.6) is 0 Å². The largest absolute Gasteiger partial charge is 0.338 e. The molecule has 18 heavy (non-hydrogen) atoms. The molecule has 4 heteroatoms. The fourth-order valence-electron chi connectivity index (χ4n) is 2.44. The summed E-state index contributed by atoms with van der Waals surface area (Å²) in [6, 6.07) is 5.94. The van der Waals surface area contributed by atoms with E-state index in [-0.39, 0.29) is 11.7 Å². The summed E-state index contributed by atoms with van der Waals surface area (Å²) in [7, 11) is 0. The SMILES string of the molecule is O=C(c1cccc(F)c1)N1CCCC(CCBr)C1. The smallest absolute Gasteiger partial charge is 0.253 e. The second-order valence-corrected chi connectivity index (χ2v) is 5.54. The van der Waals surface area contributed by atoms with Crippen LogP contribution in [-0.2, 0) is 0 Å². The number of benzene rings is 1. The minimum Gasteiger partial charge on any atom is -0.338 e. The first-order valence-corrected chi connectivity index (χ1v) is 7.43. The van der Waals surface area contributed by atoms with Crippen LogP contribution in [0.2, 0.25) is 0 Å². The lowest BCUT2D eigenvalue weighted by Gasteiger charge is -2.32. The van der Waals surface area contributed by atoms with Crippen LogP contribution in [0.1, 0.15) is 29.6 Å². The van der Waals surface area contributed by atoms with E-state index in [1.807, 2.05) is 4.90 Å². The van der Waals surface area contributed by atoms with Gasteiger partial charge in [-0.25, -0.2) is 4.39 Å². The van der Waals surface area contributed by atoms with Gasteiger partial charge in [0.2, 0.25) is 0 Å². The third-order valence-corrected chi connectivity index (χ3v) is 3.85. The van der Waals surface area contributed by atoms with E-state index in [9.17, 15) is 9.18 Å². The van der Waals surface area contributed by atoms with E-state index in [1.165, 1.54) is 18.6 Å². The molecule has 1 fully saturated rings. The molecular formula is C14H17BrFNO. The second-order valence-electron chi connectivity index (χ2n) is 4.75. The van der Waals surface area contributed by atoms with E-state index in [0.29, 0.717) is 11.5 Å². The minimum absolute atomic E-state index is 0.0474. The van der Waals surface area contributed by atoms with Crippen molar-refractivity contribution in [3.63, 3.8) is 0 Å². The molecule has 98 valence electrons. The van der Waals surface area contributed by atoms with Gasteiger partial charge in [0.15, 0.2) is 0 Å². The zero-order valence-corrected chi connectivity index (χ0v) is 11.8. The Kier molecular flexibility index (Phi) is 4.75. The van der Waals surface area contributed by atoms with Gasteiger partial charge >= 0.3 is 0 Å². The molecule has 0 aliphatic carbocycles. The molecule has 0 N–H and O–H groups in total. The molecule has 1 aliphatic rings. The lowest BCUT2D eigenvalue weighted by atomic mass is 9.95. The summed E-state index contributed by atoms with van der Waals surface area (Å²) >= 11 is 3.44. The van der Waals surface area contributed by atoms with Gasteiger partial charge in [-0.1, -0.05) is 22.0 Å². The van der Waals surface area contributed by atoms with Crippen LogP contribution in [0, 0.1) is 11.7 Å². The third kappa shape index (κ3) is 3.31. The molecule has 1 atom stereocenters. The maximum Gasteiger partial charge on any atom is 0.253 e. The molecular weight excluding hydrogens is 297 g/mol. The van der Waals surface area contributed by atoms with Crippen molar-refractivity contribution in [3.05, 3.63) is 35.6 Å².